The molecule has 2 aliphatic heterocycles. The van der Waals surface area contributed by atoms with E-state index in [2.05, 4.69) is 5.32 Å². The number of β-lactam (4-membered cyclic amide) rings is 1. The van der Waals surface area contributed by atoms with Crippen molar-refractivity contribution in [3.63, 3.8) is 0 Å². The predicted octanol–water partition coefficient (Wildman–Crippen LogP) is 2.02. The van der Waals surface area contributed by atoms with Gasteiger partial charge in [0.2, 0.25) is 0 Å². The number of rotatable bonds is 8. The average Bonchev–Trinajstić information content (AvgIpc) is 2.89. The largest absolute Gasteiger partial charge is 0.484 e. The number of para-hydroxylation sites is 1. The van der Waals surface area contributed by atoms with Crippen molar-refractivity contribution in [2.24, 2.45) is 0 Å². The molecular formula is C25H24N2O7S. The molecule has 1 N–H and O–H groups in total. The number of carbonyl (C=O) groups is 4. The molecule has 0 aromatic heterocycles. The van der Waals surface area contributed by atoms with Crippen molar-refractivity contribution in [2.45, 2.75) is 30.5 Å². The lowest BCUT2D eigenvalue weighted by Crippen LogP contribution is -2.79. The van der Waals surface area contributed by atoms with Crippen molar-refractivity contribution in [3.8, 4) is 5.75 Å². The van der Waals surface area contributed by atoms with Gasteiger partial charge in [0.05, 0.1) is 7.11 Å². The van der Waals surface area contributed by atoms with Gasteiger partial charge in [-0.15, -0.1) is 11.8 Å². The van der Waals surface area contributed by atoms with Crippen LogP contribution in [0.2, 0.25) is 0 Å². The predicted molar refractivity (Wildman–Crippen MR) is 127 cm³/mol. The molecule has 0 saturated carbocycles. The monoisotopic (exact) mass is 496 g/mol. The van der Waals surface area contributed by atoms with Crippen LogP contribution in [0, 0.1) is 0 Å². The number of thioether (sulfide) groups is 1. The Morgan fingerprint density at radius 1 is 1.03 bits per heavy atom. The summed E-state index contributed by atoms with van der Waals surface area (Å²) in [6, 6.07) is 16.8. The summed E-state index contributed by atoms with van der Waals surface area (Å²) in [6.45, 7) is 1.34. The highest BCUT2D eigenvalue weighted by Crippen LogP contribution is 2.46. The lowest BCUT2D eigenvalue weighted by Gasteiger charge is -2.54. The second-order valence-electron chi connectivity index (χ2n) is 7.94. The molecule has 10 heteroatoms. The SMILES string of the molecule is COC(=O)[C@@]1(C(=O)OCc2ccccc2)C=C(C)S[C@@H]2[C@H](NC(=O)COc3ccccc3)C(=O)N21. The van der Waals surface area contributed by atoms with Crippen LogP contribution in [-0.4, -0.2) is 59.3 Å². The van der Waals surface area contributed by atoms with Crippen LogP contribution >= 0.6 is 11.8 Å². The Morgan fingerprint density at radius 3 is 2.34 bits per heavy atom. The molecule has 0 bridgehead atoms. The number of ether oxygens (including phenoxy) is 3. The van der Waals surface area contributed by atoms with Crippen molar-refractivity contribution >= 4 is 35.5 Å². The Kier molecular flexibility index (Phi) is 7.11. The van der Waals surface area contributed by atoms with Crippen molar-refractivity contribution in [3.05, 3.63) is 77.2 Å². The van der Waals surface area contributed by atoms with E-state index in [4.69, 9.17) is 14.2 Å². The number of amides is 2. The number of esters is 2. The highest BCUT2D eigenvalue weighted by molar-refractivity contribution is 8.03. The van der Waals surface area contributed by atoms with Gasteiger partial charge in [-0.25, -0.2) is 9.59 Å². The van der Waals surface area contributed by atoms with Crippen LogP contribution in [-0.2, 0) is 35.3 Å². The summed E-state index contributed by atoms with van der Waals surface area (Å²) in [5, 5.41) is 1.94. The van der Waals surface area contributed by atoms with Crippen LogP contribution in [0.15, 0.2) is 71.6 Å². The minimum absolute atomic E-state index is 0.0812. The van der Waals surface area contributed by atoms with Crippen molar-refractivity contribution in [2.75, 3.05) is 13.7 Å². The number of nitrogens with zero attached hydrogens (tertiary/aromatic N) is 1. The molecule has 1 fully saturated rings. The Morgan fingerprint density at radius 2 is 1.69 bits per heavy atom. The molecule has 0 spiro atoms. The highest BCUT2D eigenvalue weighted by Gasteiger charge is 2.66. The second kappa shape index (κ2) is 10.2. The maximum atomic E-state index is 13.3. The lowest BCUT2D eigenvalue weighted by molar-refractivity contribution is -0.183. The third-order valence-electron chi connectivity index (χ3n) is 5.59. The molecule has 0 radical (unpaired) electrons. The smallest absolute Gasteiger partial charge is 0.348 e. The molecule has 9 nitrogen and oxygen atoms in total. The standard InChI is InChI=1S/C25H24N2O7S/c1-16-13-25(23(30)32-2,24(31)34-14-17-9-5-3-6-10-17)27-21(29)20(22(27)35-16)26-19(28)15-33-18-11-7-4-8-12-18/h3-13,20,22H,14-15H2,1-2H3,(H,26,28)/t20-,22-,25-/m1/s1. The Balaban J connectivity index is 1.50. The maximum absolute atomic E-state index is 13.3. The first-order valence-electron chi connectivity index (χ1n) is 10.8. The topological polar surface area (TPSA) is 111 Å². The molecule has 2 aromatic rings. The zero-order chi connectivity index (χ0) is 25.0. The summed E-state index contributed by atoms with van der Waals surface area (Å²) in [7, 11) is 1.14. The van der Waals surface area contributed by atoms with E-state index >= 15 is 0 Å². The van der Waals surface area contributed by atoms with Gasteiger partial charge in [0, 0.05) is 0 Å². The van der Waals surface area contributed by atoms with Crippen LogP contribution < -0.4 is 10.1 Å². The van der Waals surface area contributed by atoms with Crippen LogP contribution in [0.5, 0.6) is 5.75 Å². The summed E-state index contributed by atoms with van der Waals surface area (Å²) < 4.78 is 15.8. The van der Waals surface area contributed by atoms with E-state index in [1.807, 2.05) is 12.1 Å². The van der Waals surface area contributed by atoms with Crippen molar-refractivity contribution < 1.29 is 33.4 Å². The number of fused-ring (bicyclic) bond motifs is 1. The Bertz CT molecular complexity index is 1150. The summed E-state index contributed by atoms with van der Waals surface area (Å²) in [6.07, 6.45) is 1.38. The molecule has 35 heavy (non-hydrogen) atoms. The van der Waals surface area contributed by atoms with Crippen molar-refractivity contribution in [1.29, 1.82) is 0 Å². The van der Waals surface area contributed by atoms with Crippen LogP contribution in [0.4, 0.5) is 0 Å². The number of allylic oxidation sites excluding steroid dienone is 1. The second-order valence-corrected chi connectivity index (χ2v) is 9.30. The van der Waals surface area contributed by atoms with Gasteiger partial charge in [0.25, 0.3) is 17.4 Å². The van der Waals surface area contributed by atoms with E-state index < -0.39 is 40.7 Å². The molecule has 182 valence electrons. The van der Waals surface area contributed by atoms with Gasteiger partial charge in [-0.2, -0.15) is 0 Å². The first kappa shape index (κ1) is 24.3. The van der Waals surface area contributed by atoms with Crippen LogP contribution in [0.25, 0.3) is 0 Å². The fourth-order valence-corrected chi connectivity index (χ4v) is 5.26. The van der Waals surface area contributed by atoms with Crippen molar-refractivity contribution in [1.82, 2.24) is 10.2 Å². The number of hydrogen-bond donors (Lipinski definition) is 1. The third-order valence-corrected chi connectivity index (χ3v) is 6.81. The first-order valence-corrected chi connectivity index (χ1v) is 11.7. The average molecular weight is 497 g/mol. The fourth-order valence-electron chi connectivity index (χ4n) is 3.95. The molecule has 0 unspecified atom stereocenters. The van der Waals surface area contributed by atoms with Crippen LogP contribution in [0.3, 0.4) is 0 Å². The summed E-state index contributed by atoms with van der Waals surface area (Å²) in [4.78, 5) is 53.5. The van der Waals surface area contributed by atoms with E-state index in [-0.39, 0.29) is 13.2 Å². The lowest BCUT2D eigenvalue weighted by atomic mass is 9.89. The first-order chi connectivity index (χ1) is 16.9. The minimum Gasteiger partial charge on any atom is -0.484 e. The number of benzene rings is 2. The molecule has 2 amide bonds. The summed E-state index contributed by atoms with van der Waals surface area (Å²) in [5.41, 5.74) is -1.36. The number of hydrogen-bond acceptors (Lipinski definition) is 8. The molecule has 2 heterocycles. The van der Waals surface area contributed by atoms with Gasteiger partial charge in [-0.05, 0) is 35.6 Å². The fraction of sp³-hybridized carbons (Fsp3) is 0.280. The van der Waals surface area contributed by atoms with E-state index in [0.29, 0.717) is 10.7 Å². The van der Waals surface area contributed by atoms with Gasteiger partial charge in [0.15, 0.2) is 6.61 Å². The van der Waals surface area contributed by atoms with Gasteiger partial charge in [-0.3, -0.25) is 14.5 Å². The van der Waals surface area contributed by atoms with E-state index in [0.717, 1.165) is 17.6 Å². The van der Waals surface area contributed by atoms with E-state index in [9.17, 15) is 19.2 Å². The van der Waals surface area contributed by atoms with Gasteiger partial charge < -0.3 is 19.5 Å². The Hall–Kier alpha value is -3.79. The van der Waals surface area contributed by atoms with Gasteiger partial charge in [0.1, 0.15) is 23.8 Å². The molecule has 2 aromatic carbocycles. The molecule has 2 aliphatic rings. The minimum atomic E-state index is -2.08. The highest BCUT2D eigenvalue weighted by atomic mass is 32.2. The summed E-state index contributed by atoms with van der Waals surface area (Å²) >= 11 is 1.26. The Labute approximate surface area is 206 Å². The normalized spacial score (nSPS) is 22.7. The molecule has 1 saturated heterocycles. The molecule has 0 aliphatic carbocycles. The van der Waals surface area contributed by atoms with Gasteiger partial charge >= 0.3 is 11.9 Å². The van der Waals surface area contributed by atoms with Gasteiger partial charge in [-0.1, -0.05) is 48.5 Å². The number of carbonyl (C=O) groups excluding carboxylic acids is 4. The zero-order valence-electron chi connectivity index (χ0n) is 19.1. The maximum Gasteiger partial charge on any atom is 0.348 e. The number of methoxy groups -OCH3 is 1. The van der Waals surface area contributed by atoms with E-state index in [1.54, 1.807) is 55.5 Å². The molecule has 4 rings (SSSR count). The molecule has 3 atom stereocenters. The van der Waals surface area contributed by atoms with Crippen LogP contribution in [0.1, 0.15) is 12.5 Å². The zero-order valence-corrected chi connectivity index (χ0v) is 19.9. The number of nitrogens with one attached hydrogen (secondary N) is 1. The third kappa shape index (κ3) is 4.74. The van der Waals surface area contributed by atoms with E-state index in [1.165, 1.54) is 17.8 Å². The quantitative estimate of drug-likeness (QED) is 0.336. The molecular weight excluding hydrogens is 472 g/mol. The summed E-state index contributed by atoms with van der Waals surface area (Å²) in [5.74, 6) is -2.45.